The Hall–Kier alpha value is -1.94. The Morgan fingerprint density at radius 2 is 2.05 bits per heavy atom. The lowest BCUT2D eigenvalue weighted by atomic mass is 10.1. The molecule has 2 aromatic rings. The molecule has 0 aliphatic carbocycles. The number of hydrogen-bond acceptors (Lipinski definition) is 3. The summed E-state index contributed by atoms with van der Waals surface area (Å²) >= 11 is 5.01. The number of hydrogen-bond donors (Lipinski definition) is 2. The van der Waals surface area contributed by atoms with Gasteiger partial charge in [0.15, 0.2) is 0 Å². The van der Waals surface area contributed by atoms with E-state index < -0.39 is 0 Å². The van der Waals surface area contributed by atoms with Gasteiger partial charge >= 0.3 is 0 Å². The van der Waals surface area contributed by atoms with Crippen LogP contribution in [0.3, 0.4) is 0 Å². The average molecular weight is 285 g/mol. The Morgan fingerprint density at radius 1 is 1.25 bits per heavy atom. The molecule has 0 unspecified atom stereocenters. The third kappa shape index (κ3) is 4.03. The van der Waals surface area contributed by atoms with Crippen molar-refractivity contribution in [3.63, 3.8) is 0 Å². The molecule has 3 nitrogen and oxygen atoms in total. The van der Waals surface area contributed by atoms with Crippen LogP contribution < -0.4 is 11.1 Å². The molecule has 0 saturated heterocycles. The summed E-state index contributed by atoms with van der Waals surface area (Å²) in [6.07, 6.45) is 0.958. The van der Waals surface area contributed by atoms with Gasteiger partial charge < -0.3 is 11.1 Å². The Morgan fingerprint density at radius 3 is 2.75 bits per heavy atom. The van der Waals surface area contributed by atoms with Gasteiger partial charge in [-0.15, -0.1) is 0 Å². The van der Waals surface area contributed by atoms with E-state index in [1.54, 1.807) is 0 Å². The molecular formula is C16H19N3S. The number of nitrogens with one attached hydrogen (secondary N) is 1. The topological polar surface area (TPSA) is 50.9 Å². The number of benzene rings is 1. The molecule has 0 spiro atoms. The number of rotatable bonds is 5. The molecule has 1 heterocycles. The van der Waals surface area contributed by atoms with E-state index in [2.05, 4.69) is 41.5 Å². The second-order valence-electron chi connectivity index (χ2n) is 4.91. The Bertz CT molecular complexity index is 623. The van der Waals surface area contributed by atoms with Gasteiger partial charge in [0, 0.05) is 17.8 Å². The van der Waals surface area contributed by atoms with Crippen molar-refractivity contribution in [2.75, 3.05) is 11.9 Å². The Balaban J connectivity index is 1.99. The van der Waals surface area contributed by atoms with Crippen LogP contribution in [0.4, 0.5) is 5.82 Å². The SMILES string of the molecule is Cc1cccc(CCNc2cc(C(N)=S)cc(C)n2)c1. The predicted molar refractivity (Wildman–Crippen MR) is 88.2 cm³/mol. The summed E-state index contributed by atoms with van der Waals surface area (Å²) in [7, 11) is 0. The van der Waals surface area contributed by atoms with Crippen LogP contribution in [0.5, 0.6) is 0 Å². The molecular weight excluding hydrogens is 266 g/mol. The smallest absolute Gasteiger partial charge is 0.126 e. The number of nitrogens with zero attached hydrogens (tertiary/aromatic N) is 1. The highest BCUT2D eigenvalue weighted by Crippen LogP contribution is 2.11. The van der Waals surface area contributed by atoms with Gasteiger partial charge in [0.2, 0.25) is 0 Å². The number of aryl methyl sites for hydroxylation is 2. The fraction of sp³-hybridized carbons (Fsp3) is 0.250. The number of thiocarbonyl (C=S) groups is 1. The quantitative estimate of drug-likeness (QED) is 0.829. The lowest BCUT2D eigenvalue weighted by Gasteiger charge is -2.09. The highest BCUT2D eigenvalue weighted by atomic mass is 32.1. The first-order chi connectivity index (χ1) is 9.54. The van der Waals surface area contributed by atoms with Gasteiger partial charge in [-0.2, -0.15) is 0 Å². The number of anilines is 1. The van der Waals surface area contributed by atoms with Crippen LogP contribution in [0.15, 0.2) is 36.4 Å². The second kappa shape index (κ2) is 6.48. The largest absolute Gasteiger partial charge is 0.389 e. The van der Waals surface area contributed by atoms with Gasteiger partial charge in [-0.1, -0.05) is 42.0 Å². The minimum atomic E-state index is 0.400. The normalized spacial score (nSPS) is 10.3. The second-order valence-corrected chi connectivity index (χ2v) is 5.35. The molecule has 0 aliphatic heterocycles. The Labute approximate surface area is 125 Å². The third-order valence-electron chi connectivity index (χ3n) is 3.04. The van der Waals surface area contributed by atoms with Gasteiger partial charge in [0.1, 0.15) is 10.8 Å². The predicted octanol–water partition coefficient (Wildman–Crippen LogP) is 2.99. The standard InChI is InChI=1S/C16H19N3S/c1-11-4-3-5-13(8-11)6-7-18-15-10-14(16(17)20)9-12(2)19-15/h3-5,8-10H,6-7H2,1-2H3,(H2,17,20)(H,18,19). The molecule has 0 amide bonds. The molecule has 20 heavy (non-hydrogen) atoms. The summed E-state index contributed by atoms with van der Waals surface area (Å²) < 4.78 is 0. The van der Waals surface area contributed by atoms with Crippen molar-refractivity contribution in [2.24, 2.45) is 5.73 Å². The van der Waals surface area contributed by atoms with E-state index in [0.29, 0.717) is 4.99 Å². The van der Waals surface area contributed by atoms with Crippen molar-refractivity contribution >= 4 is 23.0 Å². The number of pyridine rings is 1. The average Bonchev–Trinajstić information content (AvgIpc) is 2.38. The molecule has 0 aliphatic rings. The van der Waals surface area contributed by atoms with E-state index in [1.165, 1.54) is 11.1 Å². The molecule has 2 rings (SSSR count). The summed E-state index contributed by atoms with van der Waals surface area (Å²) in [5.74, 6) is 0.820. The van der Waals surface area contributed by atoms with Gasteiger partial charge in [-0.3, -0.25) is 0 Å². The van der Waals surface area contributed by atoms with Crippen molar-refractivity contribution in [1.29, 1.82) is 0 Å². The van der Waals surface area contributed by atoms with Crippen molar-refractivity contribution in [1.82, 2.24) is 4.98 Å². The van der Waals surface area contributed by atoms with Crippen molar-refractivity contribution < 1.29 is 0 Å². The maximum atomic E-state index is 5.66. The van der Waals surface area contributed by atoms with Gasteiger partial charge in [0.05, 0.1) is 0 Å². The van der Waals surface area contributed by atoms with Gasteiger partial charge in [0.25, 0.3) is 0 Å². The van der Waals surface area contributed by atoms with Crippen LogP contribution in [0.1, 0.15) is 22.4 Å². The van der Waals surface area contributed by atoms with E-state index in [1.807, 2.05) is 19.1 Å². The van der Waals surface area contributed by atoms with Crippen LogP contribution in [-0.4, -0.2) is 16.5 Å². The number of nitrogens with two attached hydrogens (primary N) is 1. The molecule has 0 radical (unpaired) electrons. The minimum Gasteiger partial charge on any atom is -0.389 e. The lowest BCUT2D eigenvalue weighted by Crippen LogP contribution is -2.12. The fourth-order valence-corrected chi connectivity index (χ4v) is 2.22. The van der Waals surface area contributed by atoms with Crippen LogP contribution in [0.25, 0.3) is 0 Å². The van der Waals surface area contributed by atoms with E-state index in [0.717, 1.165) is 30.0 Å². The molecule has 104 valence electrons. The molecule has 0 bridgehead atoms. The minimum absolute atomic E-state index is 0.400. The monoisotopic (exact) mass is 285 g/mol. The summed E-state index contributed by atoms with van der Waals surface area (Å²) in [6, 6.07) is 12.3. The van der Waals surface area contributed by atoms with E-state index in [-0.39, 0.29) is 0 Å². The summed E-state index contributed by atoms with van der Waals surface area (Å²) in [6.45, 7) is 4.87. The highest BCUT2D eigenvalue weighted by molar-refractivity contribution is 7.80. The Kier molecular flexibility index (Phi) is 4.69. The zero-order valence-electron chi connectivity index (χ0n) is 11.8. The summed E-state index contributed by atoms with van der Waals surface area (Å²) in [4.78, 5) is 4.84. The highest BCUT2D eigenvalue weighted by Gasteiger charge is 2.02. The zero-order valence-corrected chi connectivity index (χ0v) is 12.6. The molecule has 1 aromatic carbocycles. The van der Waals surface area contributed by atoms with E-state index in [4.69, 9.17) is 18.0 Å². The first-order valence-electron chi connectivity index (χ1n) is 6.62. The fourth-order valence-electron chi connectivity index (χ4n) is 2.10. The summed E-state index contributed by atoms with van der Waals surface area (Å²) in [5.41, 5.74) is 10.0. The van der Waals surface area contributed by atoms with Crippen molar-refractivity contribution in [2.45, 2.75) is 20.3 Å². The van der Waals surface area contributed by atoms with Crippen LogP contribution >= 0.6 is 12.2 Å². The van der Waals surface area contributed by atoms with Crippen LogP contribution in [0.2, 0.25) is 0 Å². The molecule has 3 N–H and O–H groups in total. The lowest BCUT2D eigenvalue weighted by molar-refractivity contribution is 0.998. The zero-order chi connectivity index (χ0) is 14.5. The first-order valence-corrected chi connectivity index (χ1v) is 7.03. The third-order valence-corrected chi connectivity index (χ3v) is 3.28. The van der Waals surface area contributed by atoms with Crippen molar-refractivity contribution in [3.8, 4) is 0 Å². The molecule has 0 fully saturated rings. The number of aromatic nitrogens is 1. The van der Waals surface area contributed by atoms with Gasteiger partial charge in [-0.05, 0) is 38.0 Å². The van der Waals surface area contributed by atoms with Crippen LogP contribution in [0, 0.1) is 13.8 Å². The summed E-state index contributed by atoms with van der Waals surface area (Å²) in [5, 5.41) is 3.32. The maximum Gasteiger partial charge on any atom is 0.126 e. The molecule has 0 atom stereocenters. The molecule has 4 heteroatoms. The molecule has 1 aromatic heterocycles. The van der Waals surface area contributed by atoms with E-state index >= 15 is 0 Å². The van der Waals surface area contributed by atoms with Crippen molar-refractivity contribution in [3.05, 3.63) is 58.8 Å². The maximum absolute atomic E-state index is 5.66. The van der Waals surface area contributed by atoms with Gasteiger partial charge in [-0.25, -0.2) is 4.98 Å². The first kappa shape index (κ1) is 14.5. The molecule has 0 saturated carbocycles. The van der Waals surface area contributed by atoms with Crippen LogP contribution in [-0.2, 0) is 6.42 Å². The van der Waals surface area contributed by atoms with E-state index in [9.17, 15) is 0 Å².